The largest absolute Gasteiger partial charge is 0.332 e. The fraction of sp³-hybridized carbons (Fsp3) is 0.556. The molecular formula is C18H24Cl2N4O2. The van der Waals surface area contributed by atoms with Gasteiger partial charge in [-0.2, -0.15) is 0 Å². The summed E-state index contributed by atoms with van der Waals surface area (Å²) in [4.78, 5) is 26.9. The van der Waals surface area contributed by atoms with Crippen molar-refractivity contribution < 1.29 is 9.59 Å². The maximum absolute atomic E-state index is 12.9. The minimum absolute atomic E-state index is 0.0353. The number of rotatable bonds is 5. The van der Waals surface area contributed by atoms with Crippen molar-refractivity contribution in [3.63, 3.8) is 0 Å². The quantitative estimate of drug-likeness (QED) is 0.712. The number of benzene rings is 1. The molecule has 1 aliphatic carbocycles. The average molecular weight is 399 g/mol. The van der Waals surface area contributed by atoms with E-state index in [-0.39, 0.29) is 30.3 Å². The van der Waals surface area contributed by atoms with Crippen molar-refractivity contribution in [3.05, 3.63) is 28.2 Å². The van der Waals surface area contributed by atoms with Crippen LogP contribution >= 0.6 is 23.2 Å². The molecule has 1 saturated carbocycles. The molecule has 6 nitrogen and oxygen atoms in total. The van der Waals surface area contributed by atoms with Gasteiger partial charge < -0.3 is 10.2 Å². The predicted molar refractivity (Wildman–Crippen MR) is 103 cm³/mol. The summed E-state index contributed by atoms with van der Waals surface area (Å²) < 4.78 is 0. The second-order valence-electron chi connectivity index (χ2n) is 6.82. The summed E-state index contributed by atoms with van der Waals surface area (Å²) in [5, 5.41) is 3.45. The van der Waals surface area contributed by atoms with Crippen LogP contribution in [-0.2, 0) is 9.59 Å². The second-order valence-corrected chi connectivity index (χ2v) is 7.63. The molecule has 142 valence electrons. The van der Waals surface area contributed by atoms with Crippen LogP contribution in [0.2, 0.25) is 10.0 Å². The van der Waals surface area contributed by atoms with Crippen molar-refractivity contribution in [3.8, 4) is 0 Å². The lowest BCUT2D eigenvalue weighted by atomic mass is 9.81. The summed E-state index contributed by atoms with van der Waals surface area (Å²) in [6.45, 7) is 2.29. The first-order valence-corrected chi connectivity index (χ1v) is 9.80. The van der Waals surface area contributed by atoms with Gasteiger partial charge >= 0.3 is 0 Å². The van der Waals surface area contributed by atoms with E-state index in [1.54, 1.807) is 23.1 Å². The average Bonchev–Trinajstić information content (AvgIpc) is 3.06. The molecular weight excluding hydrogens is 375 g/mol. The van der Waals surface area contributed by atoms with Gasteiger partial charge in [0.2, 0.25) is 11.8 Å². The number of hydrazine groups is 1. The molecule has 1 aromatic carbocycles. The number of carbonyl (C=O) groups is 2. The highest BCUT2D eigenvalue weighted by Gasteiger charge is 2.42. The lowest BCUT2D eigenvalue weighted by molar-refractivity contribution is -0.137. The van der Waals surface area contributed by atoms with E-state index in [0.717, 1.165) is 19.3 Å². The van der Waals surface area contributed by atoms with Crippen LogP contribution in [0.1, 0.15) is 32.6 Å². The Hall–Kier alpha value is -1.34. The highest BCUT2D eigenvalue weighted by molar-refractivity contribution is 6.39. The molecule has 2 amide bonds. The molecule has 3 unspecified atom stereocenters. The number of nitrogens with zero attached hydrogens (tertiary/aromatic N) is 1. The smallest absolute Gasteiger partial charge is 0.244 e. The summed E-state index contributed by atoms with van der Waals surface area (Å²) >= 11 is 12.2. The Balaban J connectivity index is 1.63. The van der Waals surface area contributed by atoms with Crippen LogP contribution in [0, 0.1) is 5.92 Å². The van der Waals surface area contributed by atoms with Gasteiger partial charge in [0.25, 0.3) is 0 Å². The van der Waals surface area contributed by atoms with Gasteiger partial charge in [0.15, 0.2) is 0 Å². The normalized spacial score (nSPS) is 24.8. The third-order valence-electron chi connectivity index (χ3n) is 5.19. The number of halogens is 2. The van der Waals surface area contributed by atoms with Crippen molar-refractivity contribution in [2.75, 3.05) is 18.4 Å². The number of fused-ring (bicyclic) bond motifs is 1. The van der Waals surface area contributed by atoms with E-state index in [2.05, 4.69) is 16.2 Å². The Morgan fingerprint density at radius 3 is 2.58 bits per heavy atom. The minimum Gasteiger partial charge on any atom is -0.332 e. The van der Waals surface area contributed by atoms with Gasteiger partial charge in [-0.15, -0.1) is 0 Å². The fourth-order valence-electron chi connectivity index (χ4n) is 3.80. The summed E-state index contributed by atoms with van der Waals surface area (Å²) in [6, 6.07) is 5.08. The molecule has 0 bridgehead atoms. The van der Waals surface area contributed by atoms with Crippen molar-refractivity contribution >= 4 is 40.7 Å². The first-order chi connectivity index (χ1) is 12.5. The number of hydrogen-bond donors (Lipinski definition) is 3. The van der Waals surface area contributed by atoms with Gasteiger partial charge in [0, 0.05) is 18.5 Å². The Morgan fingerprint density at radius 1 is 1.19 bits per heavy atom. The maximum atomic E-state index is 12.9. The second kappa shape index (κ2) is 8.57. The Bertz CT molecular complexity index is 665. The van der Waals surface area contributed by atoms with E-state index in [1.807, 2.05) is 6.92 Å². The molecule has 1 saturated heterocycles. The Morgan fingerprint density at radius 2 is 1.88 bits per heavy atom. The summed E-state index contributed by atoms with van der Waals surface area (Å²) in [5.74, 6) is -0.0810. The molecule has 0 radical (unpaired) electrons. The highest BCUT2D eigenvalue weighted by Crippen LogP contribution is 2.31. The number of para-hydroxylation sites is 1. The summed E-state index contributed by atoms with van der Waals surface area (Å²) in [5.41, 5.74) is 6.76. The van der Waals surface area contributed by atoms with Crippen LogP contribution < -0.4 is 16.2 Å². The monoisotopic (exact) mass is 398 g/mol. The molecule has 3 rings (SSSR count). The Kier molecular flexibility index (Phi) is 6.40. The zero-order chi connectivity index (χ0) is 18.7. The number of hydrogen-bond acceptors (Lipinski definition) is 4. The predicted octanol–water partition coefficient (Wildman–Crippen LogP) is 2.82. The highest BCUT2D eigenvalue weighted by atomic mass is 35.5. The topological polar surface area (TPSA) is 73.5 Å². The van der Waals surface area contributed by atoms with E-state index in [0.29, 0.717) is 28.3 Å². The third-order valence-corrected chi connectivity index (χ3v) is 5.82. The van der Waals surface area contributed by atoms with Crippen LogP contribution in [0.5, 0.6) is 0 Å². The third kappa shape index (κ3) is 4.14. The van der Waals surface area contributed by atoms with Crippen molar-refractivity contribution in [2.24, 2.45) is 5.92 Å². The summed E-state index contributed by atoms with van der Waals surface area (Å²) in [7, 11) is 0. The molecule has 1 aromatic rings. The van der Waals surface area contributed by atoms with Gasteiger partial charge in [-0.05, 0) is 31.9 Å². The van der Waals surface area contributed by atoms with E-state index in [4.69, 9.17) is 23.2 Å². The van der Waals surface area contributed by atoms with Crippen LogP contribution in [0.25, 0.3) is 0 Å². The molecule has 3 atom stereocenters. The van der Waals surface area contributed by atoms with Gasteiger partial charge in [-0.25, -0.2) is 5.43 Å². The number of likely N-dealkylation sites (N-methyl/N-ethyl adjacent to an activating group) is 1. The molecule has 2 aliphatic rings. The number of anilines is 1. The van der Waals surface area contributed by atoms with E-state index >= 15 is 0 Å². The SMILES string of the molecule is CCN(CC(=O)Nc1c(Cl)cccc1Cl)C(=O)C1NNC2CCCCC21. The van der Waals surface area contributed by atoms with Crippen molar-refractivity contribution in [2.45, 2.75) is 44.7 Å². The molecule has 1 heterocycles. The number of amides is 2. The molecule has 3 N–H and O–H groups in total. The van der Waals surface area contributed by atoms with E-state index in [9.17, 15) is 9.59 Å². The van der Waals surface area contributed by atoms with Gasteiger partial charge in [0.1, 0.15) is 6.04 Å². The molecule has 0 aromatic heterocycles. The number of nitrogens with one attached hydrogen (secondary N) is 3. The van der Waals surface area contributed by atoms with Gasteiger partial charge in [0.05, 0.1) is 22.3 Å². The van der Waals surface area contributed by atoms with E-state index in [1.165, 1.54) is 6.42 Å². The Labute approximate surface area is 163 Å². The van der Waals surface area contributed by atoms with Crippen LogP contribution in [0.3, 0.4) is 0 Å². The lowest BCUT2D eigenvalue weighted by Gasteiger charge is -2.30. The molecule has 0 spiro atoms. The zero-order valence-corrected chi connectivity index (χ0v) is 16.2. The molecule has 8 heteroatoms. The van der Waals surface area contributed by atoms with Crippen molar-refractivity contribution in [1.29, 1.82) is 0 Å². The fourth-order valence-corrected chi connectivity index (χ4v) is 4.29. The lowest BCUT2D eigenvalue weighted by Crippen LogP contribution is -2.50. The minimum atomic E-state index is -0.318. The molecule has 26 heavy (non-hydrogen) atoms. The van der Waals surface area contributed by atoms with Crippen LogP contribution in [-0.4, -0.2) is 41.9 Å². The zero-order valence-electron chi connectivity index (χ0n) is 14.7. The van der Waals surface area contributed by atoms with E-state index < -0.39 is 0 Å². The summed E-state index contributed by atoms with van der Waals surface area (Å²) in [6.07, 6.45) is 4.44. The number of carbonyl (C=O) groups excluding carboxylic acids is 2. The van der Waals surface area contributed by atoms with Gasteiger partial charge in [-0.1, -0.05) is 42.1 Å². The van der Waals surface area contributed by atoms with Crippen LogP contribution in [0.15, 0.2) is 18.2 Å². The standard InChI is InChI=1S/C18H24Cl2N4O2/c1-2-24(10-15(25)21-17-12(19)7-5-8-13(17)20)18(26)16-11-6-3-4-9-14(11)22-23-16/h5,7-8,11,14,16,22-23H,2-4,6,9-10H2,1H3,(H,21,25). The maximum Gasteiger partial charge on any atom is 0.244 e. The first kappa shape index (κ1) is 19.4. The first-order valence-electron chi connectivity index (χ1n) is 9.05. The molecule has 1 aliphatic heterocycles. The van der Waals surface area contributed by atoms with Crippen molar-refractivity contribution in [1.82, 2.24) is 15.8 Å². The van der Waals surface area contributed by atoms with Gasteiger partial charge in [-0.3, -0.25) is 15.0 Å². The molecule has 2 fully saturated rings. The van der Waals surface area contributed by atoms with Crippen LogP contribution in [0.4, 0.5) is 5.69 Å².